The molecule has 0 aliphatic carbocycles. The van der Waals surface area contributed by atoms with Crippen molar-refractivity contribution in [2.75, 3.05) is 0 Å². The Balaban J connectivity index is 3.67. The summed E-state index contributed by atoms with van der Waals surface area (Å²) in [6.07, 6.45) is 0. The number of rotatable bonds is 2. The van der Waals surface area contributed by atoms with Crippen LogP contribution in [0.2, 0.25) is 0 Å². The van der Waals surface area contributed by atoms with Crippen molar-refractivity contribution >= 4 is 23.2 Å². The molecule has 2 nitrogen and oxygen atoms in total. The lowest BCUT2D eigenvalue weighted by Crippen LogP contribution is -1.55. The van der Waals surface area contributed by atoms with E-state index in [1.54, 1.807) is 0 Å². The monoisotopic (exact) mass is 150 g/mol. The van der Waals surface area contributed by atoms with Gasteiger partial charge in [0, 0.05) is 0 Å². The van der Waals surface area contributed by atoms with Crippen LogP contribution in [0.25, 0.3) is 0 Å². The van der Waals surface area contributed by atoms with Gasteiger partial charge in [-0.3, -0.25) is 0 Å². The molecule has 0 atom stereocenters. The molecule has 0 bridgehead atoms. The molecule has 0 saturated heterocycles. The first kappa shape index (κ1) is 7.66. The van der Waals surface area contributed by atoms with E-state index in [2.05, 4.69) is 23.4 Å². The Morgan fingerprint density at radius 2 is 1.25 bits per heavy atom. The van der Waals surface area contributed by atoms with E-state index in [9.17, 15) is 0 Å². The lowest BCUT2D eigenvalue weighted by molar-refractivity contribution is 1.19. The average Bonchev–Trinajstić information content (AvgIpc) is 1.61. The smallest absolute Gasteiger partial charge is 0.138 e. The van der Waals surface area contributed by atoms with E-state index in [0.717, 1.165) is 0 Å². The highest BCUT2D eigenvalue weighted by Gasteiger charge is 1.79. The van der Waals surface area contributed by atoms with Crippen LogP contribution in [0.15, 0.2) is 33.7 Å². The third kappa shape index (κ3) is 5.66. The number of hydrogen-bond acceptors (Lipinski definition) is 2. The first-order chi connectivity index (χ1) is 3.63. The largest absolute Gasteiger partial charge is 0.144 e. The summed E-state index contributed by atoms with van der Waals surface area (Å²) in [4.78, 5) is 0. The Kier molecular flexibility index (Phi) is 3.48. The van der Waals surface area contributed by atoms with Crippen LogP contribution in [-0.2, 0) is 0 Å². The van der Waals surface area contributed by atoms with Gasteiger partial charge in [0.15, 0.2) is 0 Å². The van der Waals surface area contributed by atoms with Crippen molar-refractivity contribution in [1.29, 1.82) is 0 Å². The number of hydrogen-bond donors (Lipinski definition) is 0. The average molecular weight is 151 g/mol. The maximum absolute atomic E-state index is 5.17. The van der Waals surface area contributed by atoms with E-state index in [-0.39, 0.29) is 10.3 Å². The second kappa shape index (κ2) is 3.64. The van der Waals surface area contributed by atoms with Crippen molar-refractivity contribution in [3.63, 3.8) is 0 Å². The van der Waals surface area contributed by atoms with Crippen molar-refractivity contribution in [2.24, 2.45) is 10.2 Å². The van der Waals surface area contributed by atoms with Crippen LogP contribution in [0.5, 0.6) is 0 Å². The zero-order chi connectivity index (χ0) is 6.57. The molecule has 0 aromatic heterocycles. The van der Waals surface area contributed by atoms with Crippen LogP contribution in [0.3, 0.4) is 0 Å². The third-order valence-electron chi connectivity index (χ3n) is 0.267. The van der Waals surface area contributed by atoms with Gasteiger partial charge in [0.1, 0.15) is 10.3 Å². The van der Waals surface area contributed by atoms with E-state index in [4.69, 9.17) is 23.2 Å². The van der Waals surface area contributed by atoms with Gasteiger partial charge in [-0.25, -0.2) is 0 Å². The van der Waals surface area contributed by atoms with Gasteiger partial charge in [-0.1, -0.05) is 36.4 Å². The van der Waals surface area contributed by atoms with E-state index < -0.39 is 0 Å². The molecule has 0 aromatic rings. The lowest BCUT2D eigenvalue weighted by atomic mass is 11.0. The normalized spacial score (nSPS) is 9.75. The van der Waals surface area contributed by atoms with Gasteiger partial charge in [0.05, 0.1) is 0 Å². The summed E-state index contributed by atoms with van der Waals surface area (Å²) < 4.78 is 0. The molecule has 0 rings (SSSR count). The zero-order valence-electron chi connectivity index (χ0n) is 4.06. The SMILES string of the molecule is C=C(Cl)N=NC(=C)Cl. The van der Waals surface area contributed by atoms with Crippen molar-refractivity contribution in [1.82, 2.24) is 0 Å². The van der Waals surface area contributed by atoms with Crippen LogP contribution in [-0.4, -0.2) is 0 Å². The maximum atomic E-state index is 5.17. The Morgan fingerprint density at radius 3 is 1.38 bits per heavy atom. The highest BCUT2D eigenvalue weighted by Crippen LogP contribution is 2.04. The van der Waals surface area contributed by atoms with E-state index >= 15 is 0 Å². The van der Waals surface area contributed by atoms with Crippen LogP contribution in [0, 0.1) is 0 Å². The molecule has 0 amide bonds. The minimum atomic E-state index is 0.0896. The van der Waals surface area contributed by atoms with Crippen LogP contribution < -0.4 is 0 Å². The highest BCUT2D eigenvalue weighted by atomic mass is 35.5. The van der Waals surface area contributed by atoms with E-state index in [1.807, 2.05) is 0 Å². The summed E-state index contributed by atoms with van der Waals surface area (Å²) in [5, 5.41) is 6.76. The molecule has 0 saturated carbocycles. The molecule has 0 fully saturated rings. The molecule has 0 unspecified atom stereocenters. The molecule has 0 aromatic carbocycles. The van der Waals surface area contributed by atoms with Gasteiger partial charge in [0.2, 0.25) is 0 Å². The standard InChI is InChI=1S/C4H4Cl2N2/c1-3(5)7-8-4(2)6/h1-2H2. The lowest BCUT2D eigenvalue weighted by Gasteiger charge is -1.79. The maximum Gasteiger partial charge on any atom is 0.144 e. The zero-order valence-corrected chi connectivity index (χ0v) is 5.58. The minimum Gasteiger partial charge on any atom is -0.138 e. The summed E-state index contributed by atoms with van der Waals surface area (Å²) >= 11 is 10.3. The predicted molar refractivity (Wildman–Crippen MR) is 34.8 cm³/mol. The fourth-order valence-electron chi connectivity index (χ4n) is 0.109. The predicted octanol–water partition coefficient (Wildman–Crippen LogP) is 2.86. The number of azo groups is 1. The van der Waals surface area contributed by atoms with Gasteiger partial charge in [-0.15, -0.1) is 10.2 Å². The molecule has 0 spiro atoms. The van der Waals surface area contributed by atoms with Crippen molar-refractivity contribution in [2.45, 2.75) is 0 Å². The van der Waals surface area contributed by atoms with E-state index in [0.29, 0.717) is 0 Å². The summed E-state index contributed by atoms with van der Waals surface area (Å²) in [6, 6.07) is 0. The Hall–Kier alpha value is -0.340. The minimum absolute atomic E-state index is 0.0896. The van der Waals surface area contributed by atoms with Gasteiger partial charge in [-0.05, 0) is 0 Å². The first-order valence-electron chi connectivity index (χ1n) is 1.73. The Labute approximate surface area is 57.5 Å². The van der Waals surface area contributed by atoms with Crippen molar-refractivity contribution in [3.05, 3.63) is 23.5 Å². The van der Waals surface area contributed by atoms with Crippen molar-refractivity contribution < 1.29 is 0 Å². The van der Waals surface area contributed by atoms with Crippen LogP contribution in [0.1, 0.15) is 0 Å². The molecule has 0 aliphatic rings. The third-order valence-corrected chi connectivity index (χ3v) is 0.418. The highest BCUT2D eigenvalue weighted by molar-refractivity contribution is 6.29. The van der Waals surface area contributed by atoms with Gasteiger partial charge >= 0.3 is 0 Å². The molecule has 0 heterocycles. The fourth-order valence-corrected chi connectivity index (χ4v) is 0.184. The van der Waals surface area contributed by atoms with Crippen molar-refractivity contribution in [3.8, 4) is 0 Å². The Morgan fingerprint density at radius 1 is 1.00 bits per heavy atom. The molecule has 0 N–H and O–H groups in total. The molecule has 8 heavy (non-hydrogen) atoms. The van der Waals surface area contributed by atoms with E-state index in [1.165, 1.54) is 0 Å². The van der Waals surface area contributed by atoms with Crippen LogP contribution >= 0.6 is 23.2 Å². The molecule has 4 heteroatoms. The van der Waals surface area contributed by atoms with Crippen LogP contribution in [0.4, 0.5) is 0 Å². The Bertz CT molecular complexity index is 123. The fraction of sp³-hybridized carbons (Fsp3) is 0. The summed E-state index contributed by atoms with van der Waals surface area (Å²) in [5.41, 5.74) is 0. The molecule has 0 aliphatic heterocycles. The molecule has 44 valence electrons. The molecule has 0 radical (unpaired) electrons. The first-order valence-corrected chi connectivity index (χ1v) is 2.49. The quantitative estimate of drug-likeness (QED) is 0.428. The van der Waals surface area contributed by atoms with Gasteiger partial charge < -0.3 is 0 Å². The topological polar surface area (TPSA) is 24.7 Å². The number of halogens is 2. The second-order valence-corrected chi connectivity index (χ2v) is 1.83. The summed E-state index contributed by atoms with van der Waals surface area (Å²) in [5.74, 6) is 0. The van der Waals surface area contributed by atoms with Gasteiger partial charge in [-0.2, -0.15) is 0 Å². The summed E-state index contributed by atoms with van der Waals surface area (Å²) in [6.45, 7) is 6.46. The number of nitrogens with zero attached hydrogens (tertiary/aromatic N) is 2. The second-order valence-electron chi connectivity index (χ2n) is 0.953. The molecular weight excluding hydrogens is 147 g/mol. The van der Waals surface area contributed by atoms with Gasteiger partial charge in [0.25, 0.3) is 0 Å². The summed E-state index contributed by atoms with van der Waals surface area (Å²) in [7, 11) is 0. The molecular formula is C4H4Cl2N2.